The van der Waals surface area contributed by atoms with E-state index >= 15 is 0 Å². The molecule has 0 heterocycles. The molecule has 0 aromatic heterocycles. The molecule has 6 aromatic rings. The van der Waals surface area contributed by atoms with Crippen LogP contribution in [-0.2, 0) is 67.8 Å². The molecule has 0 saturated heterocycles. The molecule has 6 amide bonds. The first-order valence-corrected chi connectivity index (χ1v) is 24.2. The second-order valence-electron chi connectivity index (χ2n) is 17.3. The number of alkyl carbamates (subject to hydrolysis) is 4. The maximum absolute atomic E-state index is 14.4. The molecule has 76 heavy (non-hydrogen) atoms. The van der Waals surface area contributed by atoms with Crippen molar-refractivity contribution in [1.29, 1.82) is 0 Å². The van der Waals surface area contributed by atoms with E-state index in [0.29, 0.717) is 38.9 Å². The minimum atomic E-state index is -1.42. The third-order valence-electron chi connectivity index (χ3n) is 11.3. The predicted molar refractivity (Wildman–Crippen MR) is 284 cm³/mol. The molecule has 19 heteroatoms. The van der Waals surface area contributed by atoms with Crippen molar-refractivity contribution in [2.24, 2.45) is 9.98 Å². The first-order valence-electron chi connectivity index (χ1n) is 24.2. The SMILES string of the molecule is Cc1cc(O)cc(C)c1C[C@H](N=C(NC(=O)OCc1ccccc1)NC(=O)OCc1ccccc1)C(=O)N[C@H](C)C(=O)NC[C@H](Cc1ccccc1)N=C(NC(=O)OCc1ccccc1)NC(=O)OCc1ccccc1. The highest BCUT2D eigenvalue weighted by molar-refractivity contribution is 6.03. The fourth-order valence-corrected chi connectivity index (χ4v) is 7.43. The predicted octanol–water partition coefficient (Wildman–Crippen LogP) is 7.57. The number of nitrogens with one attached hydrogen (secondary N) is 6. The van der Waals surface area contributed by atoms with Crippen molar-refractivity contribution in [1.82, 2.24) is 31.9 Å². The molecule has 0 bridgehead atoms. The van der Waals surface area contributed by atoms with Crippen LogP contribution in [0.15, 0.2) is 174 Å². The fraction of sp³-hybridized carbons (Fsp3) is 0.228. The molecule has 0 fully saturated rings. The summed E-state index contributed by atoms with van der Waals surface area (Å²) in [5, 5.41) is 25.7. The van der Waals surface area contributed by atoms with Crippen LogP contribution in [0.4, 0.5) is 19.2 Å². The van der Waals surface area contributed by atoms with E-state index in [9.17, 15) is 33.9 Å². The number of carbonyl (C=O) groups is 6. The van der Waals surface area contributed by atoms with E-state index in [2.05, 4.69) is 41.9 Å². The van der Waals surface area contributed by atoms with Gasteiger partial charge in [0.05, 0.1) is 6.04 Å². The zero-order valence-electron chi connectivity index (χ0n) is 42.2. The van der Waals surface area contributed by atoms with Crippen molar-refractivity contribution in [3.05, 3.63) is 208 Å². The molecule has 0 aliphatic rings. The molecule has 3 atom stereocenters. The standard InChI is InChI=1S/C57H60N8O11/c1-38-29-47(66)30-39(2)48(38)32-49(61-53(64-56(71)75-36-44-25-15-7-16-26-44)65-57(72)76-37-45-27-17-8-18-28-45)51(68)59-40(3)50(67)58-33-46(31-41-19-9-4-10-20-41)60-52(62-54(69)73-34-42-21-11-5-12-22-42)63-55(70)74-35-43-23-13-6-14-24-43/h4-30,40,46,49,66H,31-37H2,1-3H3,(H,58,67)(H,59,68)(H2,60,62,63,69,70)(H2,61,64,65,71,72)/t40-,46+,49+/m1/s1. The molecular weight excluding hydrogens is 973 g/mol. The topological polar surface area (TPSA) is 256 Å². The highest BCUT2D eigenvalue weighted by atomic mass is 16.6. The molecule has 0 spiro atoms. The number of guanidine groups is 2. The Hall–Kier alpha value is -9.52. The second-order valence-corrected chi connectivity index (χ2v) is 17.3. The normalized spacial score (nSPS) is 11.7. The van der Waals surface area contributed by atoms with Crippen molar-refractivity contribution in [2.75, 3.05) is 6.54 Å². The summed E-state index contributed by atoms with van der Waals surface area (Å²) in [5.41, 5.74) is 5.44. The van der Waals surface area contributed by atoms with E-state index in [1.807, 2.05) is 54.6 Å². The van der Waals surface area contributed by atoms with Crippen LogP contribution in [-0.4, -0.2) is 77.9 Å². The molecule has 7 N–H and O–H groups in total. The summed E-state index contributed by atoms with van der Waals surface area (Å²) in [6.45, 7) is 4.33. The van der Waals surface area contributed by atoms with Crippen LogP contribution in [0.5, 0.6) is 5.75 Å². The number of nitrogens with zero attached hydrogens (tertiary/aromatic N) is 2. The van der Waals surface area contributed by atoms with Crippen LogP contribution < -0.4 is 31.9 Å². The first-order chi connectivity index (χ1) is 36.8. The van der Waals surface area contributed by atoms with E-state index in [1.54, 1.807) is 111 Å². The number of aryl methyl sites for hydroxylation is 2. The lowest BCUT2D eigenvalue weighted by Crippen LogP contribution is -2.51. The Morgan fingerprint density at radius 3 is 1.18 bits per heavy atom. The third kappa shape index (κ3) is 19.5. The molecule has 0 saturated carbocycles. The van der Waals surface area contributed by atoms with Crippen molar-refractivity contribution < 1.29 is 52.8 Å². The average molecular weight is 1030 g/mol. The zero-order valence-corrected chi connectivity index (χ0v) is 42.2. The smallest absolute Gasteiger partial charge is 0.414 e. The molecule has 0 unspecified atom stereocenters. The number of ether oxygens (including phenoxy) is 4. The Labute approximate surface area is 440 Å². The van der Waals surface area contributed by atoms with Crippen LogP contribution in [0, 0.1) is 13.8 Å². The largest absolute Gasteiger partial charge is 0.508 e. The van der Waals surface area contributed by atoms with Crippen molar-refractivity contribution in [3.8, 4) is 5.75 Å². The molecule has 19 nitrogen and oxygen atoms in total. The molecule has 6 aromatic carbocycles. The number of phenolic OH excluding ortho intramolecular Hbond substituents is 1. The molecular formula is C57H60N8O11. The van der Waals surface area contributed by atoms with Crippen LogP contribution >= 0.6 is 0 Å². The summed E-state index contributed by atoms with van der Waals surface area (Å²) in [6, 6.07) is 44.4. The minimum absolute atomic E-state index is 0.000499. The van der Waals surface area contributed by atoms with Gasteiger partial charge < -0.3 is 34.7 Å². The average Bonchev–Trinajstić information content (AvgIpc) is 3.42. The highest BCUT2D eigenvalue weighted by Gasteiger charge is 2.27. The zero-order chi connectivity index (χ0) is 54.1. The van der Waals surface area contributed by atoms with Crippen LogP contribution in [0.2, 0.25) is 0 Å². The van der Waals surface area contributed by atoms with E-state index in [1.165, 1.54) is 19.1 Å². The quantitative estimate of drug-likeness (QED) is 0.0237. The number of phenols is 1. The minimum Gasteiger partial charge on any atom is -0.508 e. The van der Waals surface area contributed by atoms with Crippen molar-refractivity contribution in [3.63, 3.8) is 0 Å². The maximum atomic E-state index is 14.4. The number of aromatic hydroxyl groups is 1. The Balaban J connectivity index is 1.22. The lowest BCUT2D eigenvalue weighted by Gasteiger charge is -2.22. The number of amides is 6. The summed E-state index contributed by atoms with van der Waals surface area (Å²) in [6.07, 6.45) is -3.79. The van der Waals surface area contributed by atoms with Crippen LogP contribution in [0.1, 0.15) is 51.4 Å². The summed E-state index contributed by atoms with van der Waals surface area (Å²) < 4.78 is 21.7. The van der Waals surface area contributed by atoms with Gasteiger partial charge in [0, 0.05) is 13.0 Å². The van der Waals surface area contributed by atoms with E-state index < -0.39 is 60.3 Å². The number of hydrogen-bond acceptors (Lipinski definition) is 13. The number of aliphatic imine (C=N–C) groups is 2. The molecule has 6 rings (SSSR count). The Kier molecular flexibility index (Phi) is 21.5. The Bertz CT molecular complexity index is 2790. The van der Waals surface area contributed by atoms with E-state index in [4.69, 9.17) is 18.9 Å². The van der Waals surface area contributed by atoms with Gasteiger partial charge in [-0.3, -0.25) is 30.9 Å². The lowest BCUT2D eigenvalue weighted by molar-refractivity contribution is -0.129. The molecule has 394 valence electrons. The highest BCUT2D eigenvalue weighted by Crippen LogP contribution is 2.23. The maximum Gasteiger partial charge on any atom is 0.414 e. The van der Waals surface area contributed by atoms with Gasteiger partial charge in [0.15, 0.2) is 0 Å². The van der Waals surface area contributed by atoms with Crippen molar-refractivity contribution >= 4 is 48.1 Å². The summed E-state index contributed by atoms with van der Waals surface area (Å²) >= 11 is 0. The van der Waals surface area contributed by atoms with Gasteiger partial charge >= 0.3 is 24.4 Å². The fourth-order valence-electron chi connectivity index (χ4n) is 7.43. The monoisotopic (exact) mass is 1030 g/mol. The van der Waals surface area contributed by atoms with E-state index in [0.717, 1.165) is 5.56 Å². The van der Waals surface area contributed by atoms with Gasteiger partial charge in [-0.15, -0.1) is 0 Å². The Morgan fingerprint density at radius 1 is 0.474 bits per heavy atom. The van der Waals surface area contributed by atoms with Gasteiger partial charge in [-0.2, -0.15) is 0 Å². The third-order valence-corrected chi connectivity index (χ3v) is 11.3. The van der Waals surface area contributed by atoms with E-state index in [-0.39, 0.29) is 57.5 Å². The van der Waals surface area contributed by atoms with Gasteiger partial charge in [0.2, 0.25) is 23.7 Å². The molecule has 0 aliphatic carbocycles. The van der Waals surface area contributed by atoms with Gasteiger partial charge in [0.25, 0.3) is 0 Å². The number of rotatable bonds is 19. The first kappa shape index (κ1) is 55.8. The summed E-state index contributed by atoms with van der Waals surface area (Å²) in [5.74, 6) is -2.25. The lowest BCUT2D eigenvalue weighted by atomic mass is 9.95. The number of hydrogen-bond donors (Lipinski definition) is 7. The number of carbonyl (C=O) groups excluding carboxylic acids is 6. The van der Waals surface area contributed by atoms with Gasteiger partial charge in [-0.05, 0) is 83.8 Å². The molecule has 0 aliphatic heterocycles. The number of benzene rings is 6. The van der Waals surface area contributed by atoms with Gasteiger partial charge in [-0.1, -0.05) is 152 Å². The Morgan fingerprint density at radius 2 is 0.816 bits per heavy atom. The van der Waals surface area contributed by atoms with Gasteiger partial charge in [-0.25, -0.2) is 29.2 Å². The van der Waals surface area contributed by atoms with Crippen LogP contribution in [0.3, 0.4) is 0 Å². The summed E-state index contributed by atoms with van der Waals surface area (Å²) in [7, 11) is 0. The van der Waals surface area contributed by atoms with Crippen molar-refractivity contribution in [2.45, 2.75) is 78.2 Å². The van der Waals surface area contributed by atoms with Crippen LogP contribution in [0.25, 0.3) is 0 Å². The van der Waals surface area contributed by atoms with Gasteiger partial charge in [0.1, 0.15) is 44.3 Å². The molecule has 0 radical (unpaired) electrons. The second kappa shape index (κ2) is 29.2. The summed E-state index contributed by atoms with van der Waals surface area (Å²) in [4.78, 5) is 90.4.